The standard InChI is InChI=1S/C13H15N3O3/c17-12(15-18)9-5-7-16(8-6-9)13-14-10-3-1-2-4-11(10)19-13/h1-4,9,18H,5-8H2,(H,15,17). The van der Waals surface area contributed by atoms with Gasteiger partial charge >= 0.3 is 0 Å². The number of aromatic nitrogens is 1. The highest BCUT2D eigenvalue weighted by molar-refractivity contribution is 5.78. The first-order valence-electron chi connectivity index (χ1n) is 6.32. The first-order chi connectivity index (χ1) is 9.28. The molecule has 1 fully saturated rings. The van der Waals surface area contributed by atoms with Crippen molar-refractivity contribution >= 4 is 23.0 Å². The Balaban J connectivity index is 1.72. The number of oxazole rings is 1. The fourth-order valence-corrected chi connectivity index (χ4v) is 2.42. The first-order valence-corrected chi connectivity index (χ1v) is 6.32. The summed E-state index contributed by atoms with van der Waals surface area (Å²) in [4.78, 5) is 17.8. The number of para-hydroxylation sites is 2. The van der Waals surface area contributed by atoms with Crippen LogP contribution in [0.25, 0.3) is 11.1 Å². The molecule has 2 heterocycles. The second kappa shape index (κ2) is 4.89. The van der Waals surface area contributed by atoms with Gasteiger partial charge in [-0.15, -0.1) is 0 Å². The van der Waals surface area contributed by atoms with E-state index in [2.05, 4.69) is 4.98 Å². The number of amides is 1. The third-order valence-electron chi connectivity index (χ3n) is 3.53. The van der Waals surface area contributed by atoms with Gasteiger partial charge in [0.2, 0.25) is 5.91 Å². The van der Waals surface area contributed by atoms with Crippen LogP contribution in [0.5, 0.6) is 0 Å². The zero-order chi connectivity index (χ0) is 13.2. The monoisotopic (exact) mass is 261 g/mol. The van der Waals surface area contributed by atoms with Crippen LogP contribution in [-0.4, -0.2) is 29.2 Å². The van der Waals surface area contributed by atoms with Gasteiger partial charge in [0, 0.05) is 19.0 Å². The molecule has 1 aliphatic rings. The lowest BCUT2D eigenvalue weighted by Gasteiger charge is -2.29. The molecule has 6 nitrogen and oxygen atoms in total. The van der Waals surface area contributed by atoms with E-state index in [1.54, 1.807) is 5.48 Å². The summed E-state index contributed by atoms with van der Waals surface area (Å²) in [5, 5.41) is 8.62. The van der Waals surface area contributed by atoms with E-state index in [-0.39, 0.29) is 11.8 Å². The molecule has 0 aliphatic carbocycles. The predicted molar refractivity (Wildman–Crippen MR) is 68.9 cm³/mol. The molecule has 0 saturated carbocycles. The van der Waals surface area contributed by atoms with Gasteiger partial charge in [-0.2, -0.15) is 4.98 Å². The van der Waals surface area contributed by atoms with Crippen molar-refractivity contribution < 1.29 is 14.4 Å². The van der Waals surface area contributed by atoms with Crippen molar-refractivity contribution in [2.24, 2.45) is 5.92 Å². The molecule has 100 valence electrons. The number of piperidine rings is 1. The van der Waals surface area contributed by atoms with Crippen LogP contribution in [0.4, 0.5) is 6.01 Å². The van der Waals surface area contributed by atoms with Crippen molar-refractivity contribution in [3.8, 4) is 0 Å². The lowest BCUT2D eigenvalue weighted by molar-refractivity contribution is -0.134. The Bertz CT molecular complexity index is 555. The van der Waals surface area contributed by atoms with Gasteiger partial charge < -0.3 is 9.32 Å². The molecule has 0 radical (unpaired) electrons. The van der Waals surface area contributed by atoms with Gasteiger partial charge in [-0.3, -0.25) is 10.0 Å². The maximum atomic E-state index is 11.3. The Kier molecular flexibility index (Phi) is 3.08. The lowest BCUT2D eigenvalue weighted by Crippen LogP contribution is -2.39. The molecule has 1 aromatic heterocycles. The molecule has 0 atom stereocenters. The fourth-order valence-electron chi connectivity index (χ4n) is 2.42. The van der Waals surface area contributed by atoms with E-state index in [4.69, 9.17) is 9.62 Å². The normalized spacial score (nSPS) is 16.8. The van der Waals surface area contributed by atoms with E-state index < -0.39 is 0 Å². The van der Waals surface area contributed by atoms with Crippen molar-refractivity contribution in [3.63, 3.8) is 0 Å². The number of carbonyl (C=O) groups is 1. The molecular weight excluding hydrogens is 246 g/mol. The molecule has 1 aliphatic heterocycles. The summed E-state index contributed by atoms with van der Waals surface area (Å²) in [5.74, 6) is -0.442. The molecule has 1 amide bonds. The second-order valence-electron chi connectivity index (χ2n) is 4.70. The van der Waals surface area contributed by atoms with Gasteiger partial charge in [0.25, 0.3) is 6.01 Å². The van der Waals surface area contributed by atoms with Crippen LogP contribution in [0.15, 0.2) is 28.7 Å². The predicted octanol–water partition coefficient (Wildman–Crippen LogP) is 1.55. The van der Waals surface area contributed by atoms with E-state index in [0.717, 1.165) is 11.1 Å². The molecule has 2 aromatic rings. The number of nitrogens with zero attached hydrogens (tertiary/aromatic N) is 2. The summed E-state index contributed by atoms with van der Waals surface area (Å²) in [6, 6.07) is 8.23. The molecule has 2 N–H and O–H groups in total. The smallest absolute Gasteiger partial charge is 0.298 e. The summed E-state index contributed by atoms with van der Waals surface area (Å²) in [5.41, 5.74) is 3.33. The van der Waals surface area contributed by atoms with Crippen LogP contribution >= 0.6 is 0 Å². The van der Waals surface area contributed by atoms with Crippen molar-refractivity contribution in [2.45, 2.75) is 12.8 Å². The Morgan fingerprint density at radius 3 is 2.79 bits per heavy atom. The first kappa shape index (κ1) is 12.0. The van der Waals surface area contributed by atoms with Gasteiger partial charge in [-0.05, 0) is 25.0 Å². The summed E-state index contributed by atoms with van der Waals surface area (Å²) in [7, 11) is 0. The zero-order valence-corrected chi connectivity index (χ0v) is 10.4. The molecule has 1 aromatic carbocycles. The molecule has 19 heavy (non-hydrogen) atoms. The maximum Gasteiger partial charge on any atom is 0.298 e. The highest BCUT2D eigenvalue weighted by atomic mass is 16.5. The Morgan fingerprint density at radius 1 is 1.37 bits per heavy atom. The Hall–Kier alpha value is -2.08. The average Bonchev–Trinajstić information content (AvgIpc) is 2.90. The third kappa shape index (κ3) is 2.26. The molecule has 6 heteroatoms. The van der Waals surface area contributed by atoms with E-state index in [9.17, 15) is 4.79 Å². The van der Waals surface area contributed by atoms with Crippen molar-refractivity contribution in [1.29, 1.82) is 0 Å². The minimum absolute atomic E-state index is 0.134. The molecule has 3 rings (SSSR count). The Morgan fingerprint density at radius 2 is 2.11 bits per heavy atom. The quantitative estimate of drug-likeness (QED) is 0.633. The van der Waals surface area contributed by atoms with Crippen LogP contribution < -0.4 is 10.4 Å². The minimum atomic E-state index is -0.308. The van der Waals surface area contributed by atoms with E-state index in [1.165, 1.54) is 0 Å². The van der Waals surface area contributed by atoms with Crippen LogP contribution in [0, 0.1) is 5.92 Å². The third-order valence-corrected chi connectivity index (χ3v) is 3.53. The highest BCUT2D eigenvalue weighted by Gasteiger charge is 2.26. The van der Waals surface area contributed by atoms with Crippen molar-refractivity contribution in [1.82, 2.24) is 10.5 Å². The summed E-state index contributed by atoms with van der Waals surface area (Å²) >= 11 is 0. The number of benzene rings is 1. The number of hydrogen-bond acceptors (Lipinski definition) is 5. The molecule has 0 unspecified atom stereocenters. The minimum Gasteiger partial charge on any atom is -0.423 e. The number of rotatable bonds is 2. The number of hydrogen-bond donors (Lipinski definition) is 2. The number of anilines is 1. The van der Waals surface area contributed by atoms with Crippen molar-refractivity contribution in [3.05, 3.63) is 24.3 Å². The topological polar surface area (TPSA) is 78.6 Å². The molecule has 0 bridgehead atoms. The molecule has 0 spiro atoms. The molecular formula is C13H15N3O3. The highest BCUT2D eigenvalue weighted by Crippen LogP contribution is 2.26. The summed E-state index contributed by atoms with van der Waals surface area (Å²) in [6.45, 7) is 1.40. The maximum absolute atomic E-state index is 11.3. The number of hydroxylamine groups is 1. The van der Waals surface area contributed by atoms with Gasteiger partial charge in [-0.25, -0.2) is 5.48 Å². The van der Waals surface area contributed by atoms with Crippen molar-refractivity contribution in [2.75, 3.05) is 18.0 Å². The summed E-state index contributed by atoms with van der Waals surface area (Å²) < 4.78 is 5.69. The van der Waals surface area contributed by atoms with Gasteiger partial charge in [0.15, 0.2) is 5.58 Å². The van der Waals surface area contributed by atoms with Gasteiger partial charge in [0.05, 0.1) is 0 Å². The van der Waals surface area contributed by atoms with Crippen LogP contribution in [-0.2, 0) is 4.79 Å². The second-order valence-corrected chi connectivity index (χ2v) is 4.70. The number of carbonyl (C=O) groups excluding carboxylic acids is 1. The average molecular weight is 261 g/mol. The van der Waals surface area contributed by atoms with Gasteiger partial charge in [0.1, 0.15) is 5.52 Å². The van der Waals surface area contributed by atoms with E-state index in [1.807, 2.05) is 29.2 Å². The van der Waals surface area contributed by atoms with E-state index in [0.29, 0.717) is 31.9 Å². The number of nitrogens with one attached hydrogen (secondary N) is 1. The SMILES string of the molecule is O=C(NO)C1CCN(c2nc3ccccc3o2)CC1. The Labute approximate surface area is 110 Å². The summed E-state index contributed by atoms with van der Waals surface area (Å²) in [6.07, 6.45) is 1.37. The van der Waals surface area contributed by atoms with Gasteiger partial charge in [-0.1, -0.05) is 12.1 Å². The molecule has 1 saturated heterocycles. The largest absolute Gasteiger partial charge is 0.423 e. The van der Waals surface area contributed by atoms with E-state index >= 15 is 0 Å². The fraction of sp³-hybridized carbons (Fsp3) is 0.385. The van der Waals surface area contributed by atoms with Crippen LogP contribution in [0.2, 0.25) is 0 Å². The zero-order valence-electron chi connectivity index (χ0n) is 10.4. The van der Waals surface area contributed by atoms with Crippen LogP contribution in [0.3, 0.4) is 0 Å². The number of fused-ring (bicyclic) bond motifs is 1. The lowest BCUT2D eigenvalue weighted by atomic mass is 9.96. The van der Waals surface area contributed by atoms with Crippen LogP contribution in [0.1, 0.15) is 12.8 Å².